The van der Waals surface area contributed by atoms with Crippen LogP contribution in [0.3, 0.4) is 0 Å². The van der Waals surface area contributed by atoms with Crippen LogP contribution in [0, 0.1) is 0 Å². The van der Waals surface area contributed by atoms with Gasteiger partial charge in [0, 0.05) is 32.3 Å². The van der Waals surface area contributed by atoms with Gasteiger partial charge in [-0.1, -0.05) is 6.92 Å². The Kier molecular flexibility index (Phi) is 3.98. The van der Waals surface area contributed by atoms with Crippen LogP contribution in [-0.4, -0.2) is 56.2 Å². The maximum atomic E-state index is 3.20. The van der Waals surface area contributed by atoms with Gasteiger partial charge in [-0.05, 0) is 20.5 Å². The Morgan fingerprint density at radius 2 is 2.17 bits per heavy atom. The summed E-state index contributed by atoms with van der Waals surface area (Å²) in [6.45, 7) is 6.93. The molecule has 0 amide bonds. The van der Waals surface area contributed by atoms with Crippen molar-refractivity contribution in [3.63, 3.8) is 0 Å². The van der Waals surface area contributed by atoms with Crippen LogP contribution in [-0.2, 0) is 0 Å². The first-order valence-electron chi connectivity index (χ1n) is 4.85. The molecule has 72 valence electrons. The minimum absolute atomic E-state index is 0.757. The van der Waals surface area contributed by atoms with Crippen LogP contribution in [0.4, 0.5) is 0 Å². The Morgan fingerprint density at radius 1 is 1.42 bits per heavy atom. The lowest BCUT2D eigenvalue weighted by Crippen LogP contribution is -2.52. The molecule has 1 heterocycles. The van der Waals surface area contributed by atoms with Gasteiger partial charge in [-0.3, -0.25) is 4.90 Å². The minimum Gasteiger partial charge on any atom is -0.307 e. The number of rotatable bonds is 3. The van der Waals surface area contributed by atoms with Crippen LogP contribution in [0.5, 0.6) is 0 Å². The quantitative estimate of drug-likeness (QED) is 0.654. The third kappa shape index (κ3) is 2.44. The SMILES string of the molecule is CCC1CN(CNC)CCN1C. The molecule has 1 atom stereocenters. The van der Waals surface area contributed by atoms with Crippen molar-refractivity contribution in [1.29, 1.82) is 0 Å². The number of nitrogens with zero attached hydrogens (tertiary/aromatic N) is 2. The minimum atomic E-state index is 0.757. The maximum absolute atomic E-state index is 3.20. The molecule has 0 spiro atoms. The van der Waals surface area contributed by atoms with Crippen LogP contribution in [0.15, 0.2) is 0 Å². The van der Waals surface area contributed by atoms with E-state index in [0.29, 0.717) is 0 Å². The van der Waals surface area contributed by atoms with E-state index >= 15 is 0 Å². The van der Waals surface area contributed by atoms with E-state index in [2.05, 4.69) is 29.1 Å². The van der Waals surface area contributed by atoms with Crippen molar-refractivity contribution in [2.75, 3.05) is 40.4 Å². The summed E-state index contributed by atoms with van der Waals surface area (Å²) in [6.07, 6.45) is 1.26. The molecule has 1 aliphatic heterocycles. The van der Waals surface area contributed by atoms with Crippen LogP contribution in [0.2, 0.25) is 0 Å². The predicted molar refractivity (Wildman–Crippen MR) is 52.2 cm³/mol. The molecule has 3 heteroatoms. The number of likely N-dealkylation sites (N-methyl/N-ethyl adjacent to an activating group) is 1. The second-order valence-electron chi connectivity index (χ2n) is 3.63. The topological polar surface area (TPSA) is 18.5 Å². The van der Waals surface area contributed by atoms with Gasteiger partial charge < -0.3 is 10.2 Å². The van der Waals surface area contributed by atoms with Crippen LogP contribution < -0.4 is 5.32 Å². The highest BCUT2D eigenvalue weighted by molar-refractivity contribution is 4.78. The fourth-order valence-electron chi connectivity index (χ4n) is 1.82. The average molecular weight is 171 g/mol. The smallest absolute Gasteiger partial charge is 0.0479 e. The van der Waals surface area contributed by atoms with Crippen molar-refractivity contribution in [2.45, 2.75) is 19.4 Å². The highest BCUT2D eigenvalue weighted by Gasteiger charge is 2.21. The van der Waals surface area contributed by atoms with Gasteiger partial charge in [-0.25, -0.2) is 0 Å². The van der Waals surface area contributed by atoms with Crippen LogP contribution in [0.1, 0.15) is 13.3 Å². The van der Waals surface area contributed by atoms with E-state index in [4.69, 9.17) is 0 Å². The van der Waals surface area contributed by atoms with Gasteiger partial charge in [0.05, 0.1) is 0 Å². The Labute approximate surface area is 75.7 Å². The summed E-state index contributed by atoms with van der Waals surface area (Å²) in [6, 6.07) is 0.757. The summed E-state index contributed by atoms with van der Waals surface area (Å²) in [4.78, 5) is 4.94. The monoisotopic (exact) mass is 171 g/mol. The Bertz CT molecular complexity index is 127. The molecule has 1 aliphatic rings. The molecule has 0 aliphatic carbocycles. The standard InChI is InChI=1S/C9H21N3/c1-4-9-7-12(8-10-2)6-5-11(9)3/h9-10H,4-8H2,1-3H3. The van der Waals surface area contributed by atoms with Crippen molar-refractivity contribution in [2.24, 2.45) is 0 Å². The van der Waals surface area contributed by atoms with Crippen molar-refractivity contribution < 1.29 is 0 Å². The molecule has 0 saturated carbocycles. The molecule has 1 fully saturated rings. The summed E-state index contributed by atoms with van der Waals surface area (Å²) in [5, 5.41) is 3.20. The summed E-state index contributed by atoms with van der Waals surface area (Å²) < 4.78 is 0. The van der Waals surface area contributed by atoms with Crippen molar-refractivity contribution in [3.05, 3.63) is 0 Å². The zero-order valence-corrected chi connectivity index (χ0v) is 8.51. The summed E-state index contributed by atoms with van der Waals surface area (Å²) in [7, 11) is 4.24. The number of nitrogens with one attached hydrogen (secondary N) is 1. The third-order valence-corrected chi connectivity index (χ3v) is 2.71. The van der Waals surface area contributed by atoms with E-state index in [1.165, 1.54) is 26.1 Å². The number of hydrogen-bond acceptors (Lipinski definition) is 3. The molecular formula is C9H21N3. The second kappa shape index (κ2) is 4.80. The van der Waals surface area contributed by atoms with E-state index in [9.17, 15) is 0 Å². The summed E-state index contributed by atoms with van der Waals surface area (Å²) in [5.41, 5.74) is 0. The lowest BCUT2D eigenvalue weighted by atomic mass is 10.1. The fraction of sp³-hybridized carbons (Fsp3) is 1.00. The van der Waals surface area contributed by atoms with E-state index in [1.54, 1.807) is 0 Å². The first kappa shape index (κ1) is 9.96. The second-order valence-corrected chi connectivity index (χ2v) is 3.63. The van der Waals surface area contributed by atoms with Crippen molar-refractivity contribution in [1.82, 2.24) is 15.1 Å². The molecule has 1 unspecified atom stereocenters. The largest absolute Gasteiger partial charge is 0.307 e. The molecule has 1 saturated heterocycles. The zero-order chi connectivity index (χ0) is 8.97. The van der Waals surface area contributed by atoms with Crippen LogP contribution >= 0.6 is 0 Å². The van der Waals surface area contributed by atoms with Gasteiger partial charge in [0.1, 0.15) is 0 Å². The third-order valence-electron chi connectivity index (χ3n) is 2.71. The molecule has 0 radical (unpaired) electrons. The molecule has 3 nitrogen and oxygen atoms in total. The molecule has 1 N–H and O–H groups in total. The van der Waals surface area contributed by atoms with Crippen molar-refractivity contribution in [3.8, 4) is 0 Å². The first-order valence-corrected chi connectivity index (χ1v) is 4.85. The average Bonchev–Trinajstić information content (AvgIpc) is 2.09. The molecule has 0 aromatic carbocycles. The van der Waals surface area contributed by atoms with Gasteiger partial charge in [-0.15, -0.1) is 0 Å². The highest BCUT2D eigenvalue weighted by Crippen LogP contribution is 2.09. The van der Waals surface area contributed by atoms with E-state index < -0.39 is 0 Å². The van der Waals surface area contributed by atoms with Gasteiger partial charge in [0.15, 0.2) is 0 Å². The Hall–Kier alpha value is -0.120. The predicted octanol–water partition coefficient (Wildman–Crippen LogP) is 0.189. The summed E-state index contributed by atoms with van der Waals surface area (Å²) in [5.74, 6) is 0. The van der Waals surface area contributed by atoms with Gasteiger partial charge in [0.2, 0.25) is 0 Å². The summed E-state index contributed by atoms with van der Waals surface area (Å²) >= 11 is 0. The maximum Gasteiger partial charge on any atom is 0.0479 e. The highest BCUT2D eigenvalue weighted by atomic mass is 15.3. The lowest BCUT2D eigenvalue weighted by Gasteiger charge is -2.38. The lowest BCUT2D eigenvalue weighted by molar-refractivity contribution is 0.0892. The molecular weight excluding hydrogens is 150 g/mol. The normalized spacial score (nSPS) is 27.8. The van der Waals surface area contributed by atoms with Crippen molar-refractivity contribution >= 4 is 0 Å². The van der Waals surface area contributed by atoms with Gasteiger partial charge >= 0.3 is 0 Å². The number of hydrogen-bond donors (Lipinski definition) is 1. The molecule has 0 bridgehead atoms. The zero-order valence-electron chi connectivity index (χ0n) is 8.51. The van der Waals surface area contributed by atoms with Gasteiger partial charge in [0.25, 0.3) is 0 Å². The van der Waals surface area contributed by atoms with E-state index in [-0.39, 0.29) is 0 Å². The molecule has 12 heavy (non-hydrogen) atoms. The van der Waals surface area contributed by atoms with Crippen LogP contribution in [0.25, 0.3) is 0 Å². The molecule has 1 rings (SSSR count). The Balaban J connectivity index is 2.33. The Morgan fingerprint density at radius 3 is 2.75 bits per heavy atom. The fourth-order valence-corrected chi connectivity index (χ4v) is 1.82. The molecule has 0 aromatic heterocycles. The van der Waals surface area contributed by atoms with E-state index in [1.807, 2.05) is 7.05 Å². The first-order chi connectivity index (χ1) is 5.77. The number of piperazine rings is 1. The van der Waals surface area contributed by atoms with E-state index in [0.717, 1.165) is 12.7 Å². The van der Waals surface area contributed by atoms with Gasteiger partial charge in [-0.2, -0.15) is 0 Å². The molecule has 0 aromatic rings.